The van der Waals surface area contributed by atoms with E-state index in [-0.39, 0.29) is 5.91 Å². The van der Waals surface area contributed by atoms with E-state index in [0.717, 1.165) is 17.0 Å². The smallest absolute Gasteiger partial charge is 0.238 e. The number of benzene rings is 2. The zero-order chi connectivity index (χ0) is 19.8. The molecule has 28 heavy (non-hydrogen) atoms. The molecule has 146 valence electrons. The van der Waals surface area contributed by atoms with E-state index in [1.807, 2.05) is 60.9 Å². The zero-order valence-corrected chi connectivity index (χ0v) is 17.7. The minimum atomic E-state index is -0.0247. The summed E-state index contributed by atoms with van der Waals surface area (Å²) in [5.74, 6) is 0.815. The molecular weight excluding hydrogens is 388 g/mol. The van der Waals surface area contributed by atoms with E-state index in [9.17, 15) is 4.79 Å². The number of thiophene rings is 1. The Morgan fingerprint density at radius 2 is 1.86 bits per heavy atom. The molecule has 0 radical (unpaired) electrons. The number of para-hydroxylation sites is 1. The number of nitrogens with zero attached hydrogens (tertiary/aromatic N) is 1. The van der Waals surface area contributed by atoms with Crippen molar-refractivity contribution in [2.75, 3.05) is 25.2 Å². The number of thioether (sulfide) groups is 1. The monoisotopic (exact) mass is 412 g/mol. The van der Waals surface area contributed by atoms with Gasteiger partial charge < -0.3 is 10.1 Å². The van der Waals surface area contributed by atoms with Gasteiger partial charge in [0.1, 0.15) is 5.75 Å². The van der Waals surface area contributed by atoms with Crippen molar-refractivity contribution < 1.29 is 9.53 Å². The van der Waals surface area contributed by atoms with Crippen LogP contribution in [0.15, 0.2) is 70.9 Å². The van der Waals surface area contributed by atoms with Crippen LogP contribution in [0.5, 0.6) is 5.75 Å². The molecule has 0 aliphatic carbocycles. The highest BCUT2D eigenvalue weighted by Crippen LogP contribution is 2.22. The van der Waals surface area contributed by atoms with Crippen LogP contribution in [-0.2, 0) is 17.9 Å². The number of hydrogen-bond donors (Lipinski definition) is 1. The Hall–Kier alpha value is -2.28. The minimum Gasteiger partial charge on any atom is -0.496 e. The first-order chi connectivity index (χ1) is 13.7. The summed E-state index contributed by atoms with van der Waals surface area (Å²) >= 11 is 3.38. The molecule has 0 spiro atoms. The highest BCUT2D eigenvalue weighted by atomic mass is 32.2. The molecule has 1 N–H and O–H groups in total. The number of rotatable bonds is 9. The fraction of sp³-hybridized carbons (Fsp3) is 0.227. The van der Waals surface area contributed by atoms with Gasteiger partial charge in [0.15, 0.2) is 0 Å². The lowest BCUT2D eigenvalue weighted by Crippen LogP contribution is -2.32. The van der Waals surface area contributed by atoms with Crippen LogP contribution in [0.25, 0.3) is 0 Å². The lowest BCUT2D eigenvalue weighted by Gasteiger charge is -2.22. The van der Waals surface area contributed by atoms with Crippen molar-refractivity contribution in [3.63, 3.8) is 0 Å². The van der Waals surface area contributed by atoms with E-state index in [1.165, 1.54) is 9.77 Å². The van der Waals surface area contributed by atoms with Gasteiger partial charge in [0, 0.05) is 34.1 Å². The van der Waals surface area contributed by atoms with E-state index < -0.39 is 0 Å². The van der Waals surface area contributed by atoms with Crippen molar-refractivity contribution in [2.45, 2.75) is 18.0 Å². The highest BCUT2D eigenvalue weighted by Gasteiger charge is 2.15. The summed E-state index contributed by atoms with van der Waals surface area (Å²) in [7, 11) is 1.67. The van der Waals surface area contributed by atoms with Crippen LogP contribution in [0.2, 0.25) is 0 Å². The largest absolute Gasteiger partial charge is 0.496 e. The van der Waals surface area contributed by atoms with Crippen molar-refractivity contribution in [2.24, 2.45) is 0 Å². The molecule has 4 nitrogen and oxygen atoms in total. The number of methoxy groups -OCH3 is 1. The number of anilines is 1. The second-order valence-corrected chi connectivity index (χ2v) is 8.22. The summed E-state index contributed by atoms with van der Waals surface area (Å²) < 4.78 is 5.48. The van der Waals surface area contributed by atoms with Crippen LogP contribution < -0.4 is 10.1 Å². The number of ether oxygens (including phenoxy) is 1. The molecule has 3 aromatic rings. The van der Waals surface area contributed by atoms with Crippen molar-refractivity contribution in [1.29, 1.82) is 0 Å². The molecule has 6 heteroatoms. The van der Waals surface area contributed by atoms with Gasteiger partial charge in [0.05, 0.1) is 13.7 Å². The van der Waals surface area contributed by atoms with Crippen LogP contribution in [-0.4, -0.2) is 30.7 Å². The molecule has 1 aromatic heterocycles. The maximum absolute atomic E-state index is 12.7. The molecule has 0 fully saturated rings. The van der Waals surface area contributed by atoms with Crippen molar-refractivity contribution in [3.8, 4) is 5.75 Å². The van der Waals surface area contributed by atoms with Gasteiger partial charge in [-0.15, -0.1) is 23.1 Å². The van der Waals surface area contributed by atoms with Gasteiger partial charge in [-0.2, -0.15) is 0 Å². The molecule has 0 aliphatic heterocycles. The highest BCUT2D eigenvalue weighted by molar-refractivity contribution is 7.98. The molecule has 1 amide bonds. The second-order valence-electron chi connectivity index (χ2n) is 6.31. The first-order valence-electron chi connectivity index (χ1n) is 8.98. The molecule has 0 bridgehead atoms. The van der Waals surface area contributed by atoms with E-state index in [0.29, 0.717) is 19.6 Å². The van der Waals surface area contributed by atoms with E-state index in [1.54, 1.807) is 30.2 Å². The maximum Gasteiger partial charge on any atom is 0.238 e. The molecule has 1 heterocycles. The average Bonchev–Trinajstić information content (AvgIpc) is 3.22. The van der Waals surface area contributed by atoms with Gasteiger partial charge >= 0.3 is 0 Å². The summed E-state index contributed by atoms with van der Waals surface area (Å²) in [4.78, 5) is 17.2. The van der Waals surface area contributed by atoms with Crippen molar-refractivity contribution in [3.05, 3.63) is 76.5 Å². The first kappa shape index (κ1) is 20.5. The number of carbonyl (C=O) groups excluding carboxylic acids is 1. The Kier molecular flexibility index (Phi) is 7.54. The summed E-state index contributed by atoms with van der Waals surface area (Å²) in [6.45, 7) is 1.66. The Balaban J connectivity index is 1.69. The van der Waals surface area contributed by atoms with Gasteiger partial charge in [-0.3, -0.25) is 9.69 Å². The first-order valence-corrected chi connectivity index (χ1v) is 11.1. The molecule has 0 atom stereocenters. The topological polar surface area (TPSA) is 41.6 Å². The lowest BCUT2D eigenvalue weighted by molar-refractivity contribution is -0.117. The van der Waals surface area contributed by atoms with Gasteiger partial charge in [0.2, 0.25) is 5.91 Å². The van der Waals surface area contributed by atoms with Crippen LogP contribution in [0.1, 0.15) is 10.4 Å². The van der Waals surface area contributed by atoms with Crippen LogP contribution in [0.3, 0.4) is 0 Å². The fourth-order valence-corrected chi connectivity index (χ4v) is 4.10. The zero-order valence-electron chi connectivity index (χ0n) is 16.1. The molecule has 2 aromatic carbocycles. The summed E-state index contributed by atoms with van der Waals surface area (Å²) in [6, 6.07) is 20.0. The lowest BCUT2D eigenvalue weighted by atomic mass is 10.2. The van der Waals surface area contributed by atoms with Gasteiger partial charge in [-0.1, -0.05) is 24.3 Å². The molecule has 0 saturated heterocycles. The minimum absolute atomic E-state index is 0.0247. The van der Waals surface area contributed by atoms with Crippen LogP contribution >= 0.6 is 23.1 Å². The van der Waals surface area contributed by atoms with Gasteiger partial charge in [0.25, 0.3) is 0 Å². The molecule has 0 saturated carbocycles. The van der Waals surface area contributed by atoms with Crippen LogP contribution in [0.4, 0.5) is 5.69 Å². The SMILES string of the molecule is COc1ccccc1CN(CC(=O)Nc1ccc(SC)cc1)Cc1cccs1. The number of carbonyl (C=O) groups is 1. The molecular formula is C22H24N2O2S2. The fourth-order valence-electron chi connectivity index (χ4n) is 2.94. The third-order valence-corrected chi connectivity index (χ3v) is 5.89. The average molecular weight is 413 g/mol. The molecule has 3 rings (SSSR count). The standard InChI is InChI=1S/C22H24N2O2S2/c1-26-21-8-4-3-6-17(21)14-24(15-20-7-5-13-28-20)16-22(25)23-18-9-11-19(27-2)12-10-18/h3-13H,14-16H2,1-2H3,(H,23,25). The van der Waals surface area contributed by atoms with E-state index >= 15 is 0 Å². The van der Waals surface area contributed by atoms with E-state index in [2.05, 4.69) is 21.7 Å². The predicted octanol–water partition coefficient (Wildman–Crippen LogP) is 5.12. The third-order valence-electron chi connectivity index (χ3n) is 4.29. The Morgan fingerprint density at radius 1 is 1.07 bits per heavy atom. The van der Waals surface area contributed by atoms with Crippen molar-refractivity contribution >= 4 is 34.7 Å². The Bertz CT molecular complexity index is 880. The van der Waals surface area contributed by atoms with Crippen LogP contribution in [0, 0.1) is 0 Å². The van der Waals surface area contributed by atoms with Gasteiger partial charge in [-0.25, -0.2) is 0 Å². The molecule has 0 aliphatic rings. The summed E-state index contributed by atoms with van der Waals surface area (Å²) in [5.41, 5.74) is 1.88. The Labute approximate surface area is 174 Å². The summed E-state index contributed by atoms with van der Waals surface area (Å²) in [5, 5.41) is 5.06. The third kappa shape index (κ3) is 5.86. The second kappa shape index (κ2) is 10.3. The summed E-state index contributed by atoms with van der Waals surface area (Å²) in [6.07, 6.45) is 2.04. The predicted molar refractivity (Wildman–Crippen MR) is 118 cm³/mol. The number of nitrogens with one attached hydrogen (secondary N) is 1. The van der Waals surface area contributed by atoms with Gasteiger partial charge in [-0.05, 0) is 48.0 Å². The molecule has 0 unspecified atom stereocenters. The quantitative estimate of drug-likeness (QED) is 0.495. The number of hydrogen-bond acceptors (Lipinski definition) is 5. The normalized spacial score (nSPS) is 10.8. The number of amides is 1. The van der Waals surface area contributed by atoms with Crippen molar-refractivity contribution in [1.82, 2.24) is 4.90 Å². The Morgan fingerprint density at radius 3 is 2.54 bits per heavy atom. The van der Waals surface area contributed by atoms with E-state index in [4.69, 9.17) is 4.74 Å². The maximum atomic E-state index is 12.7.